The molecule has 17 heavy (non-hydrogen) atoms. The third kappa shape index (κ3) is 3.30. The van der Waals surface area contributed by atoms with Gasteiger partial charge in [-0.2, -0.15) is 0 Å². The highest BCUT2D eigenvalue weighted by Gasteiger charge is 2.38. The van der Waals surface area contributed by atoms with Crippen LogP contribution in [0.5, 0.6) is 0 Å². The van der Waals surface area contributed by atoms with Gasteiger partial charge in [-0.05, 0) is 18.4 Å². The first-order chi connectivity index (χ1) is 8.00. The lowest BCUT2D eigenvalue weighted by Gasteiger charge is -2.31. The summed E-state index contributed by atoms with van der Waals surface area (Å²) in [5.41, 5.74) is 6.33. The maximum Gasteiger partial charge on any atom is 0.326 e. The van der Waals surface area contributed by atoms with Crippen molar-refractivity contribution in [3.8, 4) is 0 Å². The molecule has 0 saturated carbocycles. The van der Waals surface area contributed by atoms with Crippen LogP contribution in [0, 0.1) is 5.92 Å². The normalized spacial score (nSPS) is 14.4. The molecule has 1 rings (SSSR count). The predicted octanol–water partition coefficient (Wildman–Crippen LogP) is 2.15. The topological polar surface area (TPSA) is 52.3 Å². The van der Waals surface area contributed by atoms with Crippen molar-refractivity contribution < 1.29 is 9.53 Å². The Hall–Kier alpha value is -1.35. The average Bonchev–Trinajstić information content (AvgIpc) is 2.30. The van der Waals surface area contributed by atoms with Crippen LogP contribution in [0.25, 0.3) is 0 Å². The molecule has 0 aliphatic heterocycles. The number of esters is 1. The van der Waals surface area contributed by atoms with Crippen molar-refractivity contribution in [2.24, 2.45) is 11.7 Å². The number of ether oxygens (including phenoxy) is 1. The smallest absolute Gasteiger partial charge is 0.326 e. The van der Waals surface area contributed by atoms with E-state index >= 15 is 0 Å². The molecule has 0 radical (unpaired) electrons. The molecular formula is C14H21NO2. The highest BCUT2D eigenvalue weighted by Crippen LogP contribution is 2.21. The van der Waals surface area contributed by atoms with Gasteiger partial charge in [0.05, 0.1) is 6.61 Å². The quantitative estimate of drug-likeness (QED) is 0.796. The summed E-state index contributed by atoms with van der Waals surface area (Å²) in [6.07, 6.45) is 0.504. The van der Waals surface area contributed by atoms with Crippen LogP contribution < -0.4 is 5.73 Å². The number of nitrogens with two attached hydrogens (primary N) is 1. The SMILES string of the molecule is CCOC(=O)C(N)(Cc1ccccc1)C(C)C. The van der Waals surface area contributed by atoms with Gasteiger partial charge in [-0.25, -0.2) is 0 Å². The molecule has 0 saturated heterocycles. The van der Waals surface area contributed by atoms with Gasteiger partial charge in [-0.15, -0.1) is 0 Å². The molecule has 1 unspecified atom stereocenters. The zero-order valence-corrected chi connectivity index (χ0v) is 10.8. The number of carbonyl (C=O) groups is 1. The summed E-state index contributed by atoms with van der Waals surface area (Å²) in [7, 11) is 0. The Balaban J connectivity index is 2.89. The van der Waals surface area contributed by atoms with Gasteiger partial charge in [0.1, 0.15) is 5.54 Å². The fourth-order valence-corrected chi connectivity index (χ4v) is 1.71. The van der Waals surface area contributed by atoms with Gasteiger partial charge < -0.3 is 10.5 Å². The summed E-state index contributed by atoms with van der Waals surface area (Å²) >= 11 is 0. The Kier molecular flexibility index (Phi) is 4.70. The zero-order valence-electron chi connectivity index (χ0n) is 10.8. The van der Waals surface area contributed by atoms with Gasteiger partial charge in [0.25, 0.3) is 0 Å². The van der Waals surface area contributed by atoms with Gasteiger partial charge in [0.15, 0.2) is 0 Å². The minimum absolute atomic E-state index is 0.0294. The van der Waals surface area contributed by atoms with Crippen molar-refractivity contribution >= 4 is 5.97 Å². The van der Waals surface area contributed by atoms with E-state index in [1.165, 1.54) is 0 Å². The number of rotatable bonds is 5. The lowest BCUT2D eigenvalue weighted by Crippen LogP contribution is -2.55. The second-order valence-electron chi connectivity index (χ2n) is 4.58. The number of benzene rings is 1. The molecule has 3 nitrogen and oxygen atoms in total. The lowest BCUT2D eigenvalue weighted by atomic mass is 9.82. The first-order valence-corrected chi connectivity index (χ1v) is 6.00. The van der Waals surface area contributed by atoms with Crippen molar-refractivity contribution in [3.63, 3.8) is 0 Å². The number of carbonyl (C=O) groups excluding carboxylic acids is 1. The highest BCUT2D eigenvalue weighted by molar-refractivity contribution is 5.81. The van der Waals surface area contributed by atoms with E-state index in [-0.39, 0.29) is 11.9 Å². The molecule has 1 aromatic rings. The summed E-state index contributed by atoms with van der Waals surface area (Å²) < 4.78 is 5.08. The monoisotopic (exact) mass is 235 g/mol. The Bertz CT molecular complexity index is 362. The molecular weight excluding hydrogens is 214 g/mol. The van der Waals surface area contributed by atoms with Gasteiger partial charge >= 0.3 is 5.97 Å². The van der Waals surface area contributed by atoms with E-state index in [9.17, 15) is 4.79 Å². The van der Waals surface area contributed by atoms with E-state index in [1.54, 1.807) is 6.92 Å². The van der Waals surface area contributed by atoms with Crippen LogP contribution in [-0.2, 0) is 16.0 Å². The minimum Gasteiger partial charge on any atom is -0.465 e. The second kappa shape index (κ2) is 5.82. The van der Waals surface area contributed by atoms with Crippen molar-refractivity contribution in [2.45, 2.75) is 32.7 Å². The second-order valence-corrected chi connectivity index (χ2v) is 4.58. The summed E-state index contributed by atoms with van der Waals surface area (Å²) in [4.78, 5) is 12.0. The van der Waals surface area contributed by atoms with Crippen molar-refractivity contribution in [1.29, 1.82) is 0 Å². The molecule has 0 spiro atoms. The molecule has 94 valence electrons. The molecule has 0 bridgehead atoms. The van der Waals surface area contributed by atoms with E-state index in [0.717, 1.165) is 5.56 Å². The molecule has 1 atom stereocenters. The maximum atomic E-state index is 12.0. The first-order valence-electron chi connectivity index (χ1n) is 6.00. The Labute approximate surface area is 103 Å². The molecule has 2 N–H and O–H groups in total. The molecule has 0 heterocycles. The molecule has 0 aromatic heterocycles. The lowest BCUT2D eigenvalue weighted by molar-refractivity contribution is -0.151. The summed E-state index contributed by atoms with van der Waals surface area (Å²) in [6.45, 7) is 6.04. The van der Waals surface area contributed by atoms with Gasteiger partial charge in [0, 0.05) is 6.42 Å². The van der Waals surface area contributed by atoms with Crippen LogP contribution in [-0.4, -0.2) is 18.1 Å². The summed E-state index contributed by atoms with van der Waals surface area (Å²) in [5, 5.41) is 0. The molecule has 3 heteroatoms. The fraction of sp³-hybridized carbons (Fsp3) is 0.500. The molecule has 0 aliphatic carbocycles. The molecule has 1 aromatic carbocycles. The van der Waals surface area contributed by atoms with E-state index in [0.29, 0.717) is 13.0 Å². The van der Waals surface area contributed by atoms with Crippen LogP contribution in [0.15, 0.2) is 30.3 Å². The van der Waals surface area contributed by atoms with Crippen molar-refractivity contribution in [2.75, 3.05) is 6.61 Å². The molecule has 0 amide bonds. The maximum absolute atomic E-state index is 12.0. The van der Waals surface area contributed by atoms with Gasteiger partial charge in [0.2, 0.25) is 0 Å². The van der Waals surface area contributed by atoms with Crippen LogP contribution >= 0.6 is 0 Å². The fourth-order valence-electron chi connectivity index (χ4n) is 1.71. The first kappa shape index (κ1) is 13.7. The highest BCUT2D eigenvalue weighted by atomic mass is 16.5. The van der Waals surface area contributed by atoms with E-state index in [1.807, 2.05) is 44.2 Å². The van der Waals surface area contributed by atoms with Crippen molar-refractivity contribution in [1.82, 2.24) is 0 Å². The number of hydrogen-bond donors (Lipinski definition) is 1. The summed E-state index contributed by atoms with van der Waals surface area (Å²) in [5.74, 6) is -0.291. The van der Waals surface area contributed by atoms with E-state index < -0.39 is 5.54 Å². The average molecular weight is 235 g/mol. The predicted molar refractivity (Wildman–Crippen MR) is 68.5 cm³/mol. The zero-order chi connectivity index (χ0) is 12.9. The summed E-state index contributed by atoms with van der Waals surface area (Å²) in [6, 6.07) is 9.79. The molecule has 0 fully saturated rings. The van der Waals surface area contributed by atoms with Crippen LogP contribution in [0.3, 0.4) is 0 Å². The van der Waals surface area contributed by atoms with Gasteiger partial charge in [-0.3, -0.25) is 4.79 Å². The van der Waals surface area contributed by atoms with Crippen LogP contribution in [0.4, 0.5) is 0 Å². The van der Waals surface area contributed by atoms with Crippen LogP contribution in [0.1, 0.15) is 26.3 Å². The number of hydrogen-bond acceptors (Lipinski definition) is 3. The Morgan fingerprint density at radius 3 is 2.41 bits per heavy atom. The third-order valence-corrected chi connectivity index (χ3v) is 3.03. The largest absolute Gasteiger partial charge is 0.465 e. The van der Waals surface area contributed by atoms with E-state index in [2.05, 4.69) is 0 Å². The molecule has 0 aliphatic rings. The van der Waals surface area contributed by atoms with Crippen LogP contribution in [0.2, 0.25) is 0 Å². The standard InChI is InChI=1S/C14H21NO2/c1-4-17-13(16)14(15,11(2)3)10-12-8-6-5-7-9-12/h5-9,11H,4,10,15H2,1-3H3. The Morgan fingerprint density at radius 1 is 1.35 bits per heavy atom. The third-order valence-electron chi connectivity index (χ3n) is 3.03. The minimum atomic E-state index is -0.947. The van der Waals surface area contributed by atoms with Gasteiger partial charge in [-0.1, -0.05) is 44.2 Å². The van der Waals surface area contributed by atoms with Crippen molar-refractivity contribution in [3.05, 3.63) is 35.9 Å². The van der Waals surface area contributed by atoms with E-state index in [4.69, 9.17) is 10.5 Å². The Morgan fingerprint density at radius 2 is 1.94 bits per heavy atom.